The van der Waals surface area contributed by atoms with Crippen LogP contribution in [0.1, 0.15) is 24.1 Å². The largest absolute Gasteiger partial charge is 0.491 e. The first-order valence-corrected chi connectivity index (χ1v) is 9.30. The Morgan fingerprint density at radius 1 is 1.22 bits per heavy atom. The monoisotopic (exact) mass is 370 g/mol. The summed E-state index contributed by atoms with van der Waals surface area (Å²) in [5.74, 6) is 0.757. The van der Waals surface area contributed by atoms with Gasteiger partial charge in [0.25, 0.3) is 0 Å². The van der Waals surface area contributed by atoms with Crippen LogP contribution in [-0.4, -0.2) is 40.7 Å². The van der Waals surface area contributed by atoms with E-state index in [9.17, 15) is 14.7 Å². The summed E-state index contributed by atoms with van der Waals surface area (Å²) in [6.45, 7) is 1.27. The number of nitrogens with zero attached hydrogens (tertiary/aromatic N) is 2. The zero-order valence-corrected chi connectivity index (χ0v) is 15.6. The highest BCUT2D eigenvalue weighted by Gasteiger charge is 2.23. The number of aliphatic hydroxyl groups excluding tert-OH is 1. The Kier molecular flexibility index (Phi) is 6.29. The number of hydrogen-bond donors (Lipinski definition) is 1. The Labute approximate surface area is 159 Å². The quantitative estimate of drug-likeness (QED) is 0.842. The lowest BCUT2D eigenvalue weighted by Gasteiger charge is -2.32. The molecule has 1 aromatic heterocycles. The van der Waals surface area contributed by atoms with Gasteiger partial charge in [-0.1, -0.05) is 30.3 Å². The minimum absolute atomic E-state index is 0.00596. The average Bonchev–Trinajstić information content (AvgIpc) is 2.70. The molecule has 0 saturated carbocycles. The number of likely N-dealkylation sites (tertiary alicyclic amines) is 1. The number of ether oxygens (including phenoxy) is 1. The Balaban J connectivity index is 1.59. The minimum Gasteiger partial charge on any atom is -0.491 e. The summed E-state index contributed by atoms with van der Waals surface area (Å²) in [4.78, 5) is 26.4. The van der Waals surface area contributed by atoms with Crippen LogP contribution in [0, 0.1) is 5.92 Å². The molecule has 1 aromatic carbocycles. The highest BCUT2D eigenvalue weighted by Crippen LogP contribution is 2.22. The van der Waals surface area contributed by atoms with Crippen molar-refractivity contribution < 1.29 is 14.6 Å². The van der Waals surface area contributed by atoms with Crippen LogP contribution in [0.3, 0.4) is 0 Å². The second-order valence-corrected chi connectivity index (χ2v) is 7.00. The molecule has 6 nitrogen and oxygen atoms in total. The number of aromatic nitrogens is 1. The van der Waals surface area contributed by atoms with Gasteiger partial charge in [0.2, 0.25) is 11.3 Å². The molecule has 2 aromatic rings. The molecule has 144 valence electrons. The van der Waals surface area contributed by atoms with Crippen molar-refractivity contribution in [2.45, 2.75) is 32.4 Å². The fourth-order valence-corrected chi connectivity index (χ4v) is 3.61. The molecule has 1 N–H and O–H groups in total. The third-order valence-electron chi connectivity index (χ3n) is 5.20. The number of pyridine rings is 1. The number of rotatable bonds is 6. The topological polar surface area (TPSA) is 71.8 Å². The molecule has 0 atom stereocenters. The molecule has 0 aliphatic carbocycles. The summed E-state index contributed by atoms with van der Waals surface area (Å²) in [7, 11) is 1.42. The molecule has 27 heavy (non-hydrogen) atoms. The molecule has 2 heterocycles. The Hall–Kier alpha value is -2.60. The van der Waals surface area contributed by atoms with Crippen LogP contribution >= 0.6 is 0 Å². The number of carbonyl (C=O) groups is 1. The lowest BCUT2D eigenvalue weighted by atomic mass is 9.90. The molecule has 3 rings (SSSR count). The van der Waals surface area contributed by atoms with Crippen LogP contribution in [-0.2, 0) is 24.4 Å². The van der Waals surface area contributed by atoms with E-state index in [-0.39, 0.29) is 30.2 Å². The SMILES string of the molecule is COc1cn(CC(=O)N2CCC(Cc3ccccc3)CC2)c(CO)cc1=O. The standard InChI is InChI=1S/C21H26N2O4/c1-27-20-13-23(18(15-24)12-19(20)25)14-21(26)22-9-7-17(8-10-22)11-16-5-3-2-4-6-16/h2-6,12-13,17,24H,7-11,14-15H2,1H3. The second kappa shape index (κ2) is 8.86. The third kappa shape index (κ3) is 4.77. The van der Waals surface area contributed by atoms with Crippen molar-refractivity contribution in [1.82, 2.24) is 9.47 Å². The summed E-state index contributed by atoms with van der Waals surface area (Å²) >= 11 is 0. The average molecular weight is 370 g/mol. The van der Waals surface area contributed by atoms with Crippen molar-refractivity contribution in [2.75, 3.05) is 20.2 Å². The fourth-order valence-electron chi connectivity index (χ4n) is 3.61. The minimum atomic E-state index is -0.300. The molecular weight excluding hydrogens is 344 g/mol. The van der Waals surface area contributed by atoms with Gasteiger partial charge >= 0.3 is 0 Å². The van der Waals surface area contributed by atoms with Gasteiger partial charge in [0, 0.05) is 24.8 Å². The van der Waals surface area contributed by atoms with Crippen molar-refractivity contribution in [2.24, 2.45) is 5.92 Å². The van der Waals surface area contributed by atoms with Gasteiger partial charge in [-0.05, 0) is 30.7 Å². The summed E-state index contributed by atoms with van der Waals surface area (Å²) in [6, 6.07) is 11.8. The van der Waals surface area contributed by atoms with Crippen molar-refractivity contribution in [3.05, 3.63) is 64.1 Å². The molecule has 6 heteroatoms. The second-order valence-electron chi connectivity index (χ2n) is 7.00. The van der Waals surface area contributed by atoms with Crippen LogP contribution in [0.15, 0.2) is 47.4 Å². The van der Waals surface area contributed by atoms with Gasteiger partial charge in [0.05, 0.1) is 19.9 Å². The lowest BCUT2D eigenvalue weighted by molar-refractivity contribution is -0.133. The van der Waals surface area contributed by atoms with E-state index in [1.165, 1.54) is 24.9 Å². The van der Waals surface area contributed by atoms with Gasteiger partial charge in [-0.3, -0.25) is 9.59 Å². The Morgan fingerprint density at radius 3 is 2.56 bits per heavy atom. The highest BCUT2D eigenvalue weighted by molar-refractivity contribution is 5.76. The van der Waals surface area contributed by atoms with E-state index in [0.29, 0.717) is 11.6 Å². The smallest absolute Gasteiger partial charge is 0.242 e. The summed E-state index contributed by atoms with van der Waals surface area (Å²) in [5, 5.41) is 9.48. The maximum absolute atomic E-state index is 12.7. The van der Waals surface area contributed by atoms with E-state index in [4.69, 9.17) is 4.74 Å². The number of aliphatic hydroxyl groups is 1. The van der Waals surface area contributed by atoms with Crippen LogP contribution in [0.4, 0.5) is 0 Å². The predicted molar refractivity (Wildman–Crippen MR) is 103 cm³/mol. The first-order chi connectivity index (χ1) is 13.1. The van der Waals surface area contributed by atoms with Crippen LogP contribution < -0.4 is 10.2 Å². The number of piperidine rings is 1. The molecule has 0 spiro atoms. The number of carbonyl (C=O) groups excluding carboxylic acids is 1. The number of methoxy groups -OCH3 is 1. The lowest BCUT2D eigenvalue weighted by Crippen LogP contribution is -2.41. The number of hydrogen-bond acceptors (Lipinski definition) is 4. The first kappa shape index (κ1) is 19.2. The van der Waals surface area contributed by atoms with E-state index in [1.807, 2.05) is 11.0 Å². The molecule has 1 aliphatic rings. The first-order valence-electron chi connectivity index (χ1n) is 9.30. The number of benzene rings is 1. The van der Waals surface area contributed by atoms with E-state index < -0.39 is 0 Å². The van der Waals surface area contributed by atoms with E-state index in [2.05, 4.69) is 24.3 Å². The third-order valence-corrected chi connectivity index (χ3v) is 5.20. The molecule has 1 saturated heterocycles. The van der Waals surface area contributed by atoms with Gasteiger partial charge in [-0.2, -0.15) is 0 Å². The Bertz CT molecular complexity index is 824. The summed E-state index contributed by atoms with van der Waals surface area (Å²) < 4.78 is 6.64. The van der Waals surface area contributed by atoms with Gasteiger partial charge < -0.3 is 19.3 Å². The summed E-state index contributed by atoms with van der Waals surface area (Å²) in [6.07, 6.45) is 4.52. The molecular formula is C21H26N2O4. The molecule has 0 radical (unpaired) electrons. The predicted octanol–water partition coefficient (Wildman–Crippen LogP) is 1.83. The zero-order valence-electron chi connectivity index (χ0n) is 15.6. The highest BCUT2D eigenvalue weighted by atomic mass is 16.5. The van der Waals surface area contributed by atoms with Gasteiger partial charge in [0.15, 0.2) is 5.75 Å². The van der Waals surface area contributed by atoms with Gasteiger partial charge in [0.1, 0.15) is 6.54 Å². The fraction of sp³-hybridized carbons (Fsp3) is 0.429. The van der Waals surface area contributed by atoms with E-state index in [1.54, 1.807) is 4.57 Å². The van der Waals surface area contributed by atoms with Crippen LogP contribution in [0.5, 0.6) is 5.75 Å². The number of amides is 1. The van der Waals surface area contributed by atoms with E-state index >= 15 is 0 Å². The maximum atomic E-state index is 12.7. The molecule has 0 bridgehead atoms. The van der Waals surface area contributed by atoms with Crippen LogP contribution in [0.2, 0.25) is 0 Å². The zero-order chi connectivity index (χ0) is 19.2. The van der Waals surface area contributed by atoms with Crippen molar-refractivity contribution in [3.63, 3.8) is 0 Å². The van der Waals surface area contributed by atoms with Gasteiger partial charge in [-0.25, -0.2) is 0 Å². The molecule has 0 unspecified atom stereocenters. The maximum Gasteiger partial charge on any atom is 0.242 e. The van der Waals surface area contributed by atoms with E-state index in [0.717, 1.165) is 32.4 Å². The van der Waals surface area contributed by atoms with Crippen LogP contribution in [0.25, 0.3) is 0 Å². The molecule has 1 fully saturated rings. The van der Waals surface area contributed by atoms with Crippen molar-refractivity contribution in [3.8, 4) is 5.75 Å². The van der Waals surface area contributed by atoms with Gasteiger partial charge in [-0.15, -0.1) is 0 Å². The normalized spacial score (nSPS) is 15.0. The molecule has 1 amide bonds. The molecule has 1 aliphatic heterocycles. The Morgan fingerprint density at radius 2 is 1.93 bits per heavy atom. The van der Waals surface area contributed by atoms with Crippen molar-refractivity contribution >= 4 is 5.91 Å². The van der Waals surface area contributed by atoms with Crippen molar-refractivity contribution in [1.29, 1.82) is 0 Å². The summed E-state index contributed by atoms with van der Waals surface area (Å²) in [5.41, 5.74) is 1.45.